The van der Waals surface area contributed by atoms with Gasteiger partial charge in [0.2, 0.25) is 5.91 Å². The lowest BCUT2D eigenvalue weighted by Crippen LogP contribution is -2.27. The van der Waals surface area contributed by atoms with Gasteiger partial charge in [0.05, 0.1) is 27.4 Å². The first-order valence-corrected chi connectivity index (χ1v) is 11.3. The molecule has 3 aromatic rings. The van der Waals surface area contributed by atoms with Gasteiger partial charge in [0.15, 0.2) is 0 Å². The molecule has 158 valence electrons. The van der Waals surface area contributed by atoms with Crippen molar-refractivity contribution in [1.29, 1.82) is 0 Å². The fraction of sp³-hybridized carbons (Fsp3) is 0.190. The number of aryl methyl sites for hydroxylation is 1. The van der Waals surface area contributed by atoms with Crippen LogP contribution in [0, 0.1) is 6.92 Å². The number of rotatable bonds is 7. The minimum Gasteiger partial charge on any atom is -0.464 e. The van der Waals surface area contributed by atoms with Crippen molar-refractivity contribution in [2.24, 2.45) is 0 Å². The van der Waals surface area contributed by atoms with E-state index in [1.165, 1.54) is 18.2 Å². The lowest BCUT2D eigenvalue weighted by atomic mass is 10.1. The Morgan fingerprint density at radius 1 is 1.03 bits per heavy atom. The maximum absolute atomic E-state index is 12.5. The van der Waals surface area contributed by atoms with Crippen LogP contribution in [0.2, 0.25) is 10.0 Å². The number of benzene rings is 2. The molecule has 0 aliphatic rings. The molecule has 1 unspecified atom stereocenters. The second-order valence-corrected chi connectivity index (χ2v) is 9.29. The normalized spacial score (nSPS) is 12.4. The molecule has 0 bridgehead atoms. The number of sulfonamides is 1. The molecule has 0 saturated carbocycles. The summed E-state index contributed by atoms with van der Waals surface area (Å²) in [5.74, 6) is 1.30. The average molecular weight is 467 g/mol. The van der Waals surface area contributed by atoms with Gasteiger partial charge in [-0.1, -0.05) is 35.3 Å². The van der Waals surface area contributed by atoms with E-state index in [4.69, 9.17) is 27.6 Å². The van der Waals surface area contributed by atoms with Gasteiger partial charge < -0.3 is 9.73 Å². The summed E-state index contributed by atoms with van der Waals surface area (Å²) in [6.45, 7) is 3.69. The number of carbonyl (C=O) groups is 1. The van der Waals surface area contributed by atoms with Gasteiger partial charge in [0, 0.05) is 5.69 Å². The summed E-state index contributed by atoms with van der Waals surface area (Å²) in [7, 11) is -3.82. The van der Waals surface area contributed by atoms with E-state index in [-0.39, 0.29) is 33.3 Å². The summed E-state index contributed by atoms with van der Waals surface area (Å²) in [4.78, 5) is 12.3. The Labute approximate surface area is 185 Å². The molecule has 3 rings (SSSR count). The molecule has 6 nitrogen and oxygen atoms in total. The summed E-state index contributed by atoms with van der Waals surface area (Å²) >= 11 is 11.7. The van der Waals surface area contributed by atoms with Crippen molar-refractivity contribution in [1.82, 2.24) is 5.32 Å². The van der Waals surface area contributed by atoms with E-state index in [1.807, 2.05) is 26.0 Å². The number of hydrogen-bond donors (Lipinski definition) is 2. The fourth-order valence-electron chi connectivity index (χ4n) is 2.78. The fourth-order valence-corrected chi connectivity index (χ4v) is 4.23. The highest BCUT2D eigenvalue weighted by Crippen LogP contribution is 2.26. The molecular formula is C21H20Cl2N2O4S. The number of nitrogens with one attached hydrogen (secondary N) is 2. The summed E-state index contributed by atoms with van der Waals surface area (Å²) in [5, 5.41) is 3.30. The Hall–Kier alpha value is -2.48. The molecule has 0 aliphatic carbocycles. The predicted molar refractivity (Wildman–Crippen MR) is 117 cm³/mol. The van der Waals surface area contributed by atoms with E-state index in [0.29, 0.717) is 11.4 Å². The highest BCUT2D eigenvalue weighted by molar-refractivity contribution is 7.92. The molecular weight excluding hydrogens is 447 g/mol. The third-order valence-electron chi connectivity index (χ3n) is 4.34. The zero-order chi connectivity index (χ0) is 21.9. The second kappa shape index (κ2) is 9.12. The maximum Gasteiger partial charge on any atom is 0.261 e. The minimum absolute atomic E-state index is 0.00232. The van der Waals surface area contributed by atoms with Crippen molar-refractivity contribution in [2.45, 2.75) is 31.2 Å². The first-order chi connectivity index (χ1) is 14.1. The third-order valence-corrected chi connectivity index (χ3v) is 6.46. The van der Waals surface area contributed by atoms with Crippen LogP contribution in [0.1, 0.15) is 30.0 Å². The minimum atomic E-state index is -3.82. The Balaban J connectivity index is 1.61. The average Bonchev–Trinajstić information content (AvgIpc) is 3.12. The summed E-state index contributed by atoms with van der Waals surface area (Å²) < 4.78 is 33.0. The van der Waals surface area contributed by atoms with Crippen molar-refractivity contribution < 1.29 is 17.6 Å². The molecule has 0 saturated heterocycles. The molecule has 30 heavy (non-hydrogen) atoms. The molecule has 1 amide bonds. The quantitative estimate of drug-likeness (QED) is 0.505. The van der Waals surface area contributed by atoms with Gasteiger partial charge in [-0.2, -0.15) is 0 Å². The van der Waals surface area contributed by atoms with E-state index in [9.17, 15) is 13.2 Å². The highest BCUT2D eigenvalue weighted by Gasteiger charge is 2.16. The van der Waals surface area contributed by atoms with Crippen molar-refractivity contribution >= 4 is 44.8 Å². The molecule has 0 radical (unpaired) electrons. The molecule has 0 spiro atoms. The van der Waals surface area contributed by atoms with E-state index in [0.717, 1.165) is 11.3 Å². The monoisotopic (exact) mass is 466 g/mol. The van der Waals surface area contributed by atoms with E-state index in [2.05, 4.69) is 10.0 Å². The zero-order valence-corrected chi connectivity index (χ0v) is 18.6. The molecule has 1 aromatic heterocycles. The van der Waals surface area contributed by atoms with Gasteiger partial charge in [-0.25, -0.2) is 8.42 Å². The highest BCUT2D eigenvalue weighted by atomic mass is 35.5. The Morgan fingerprint density at radius 3 is 2.33 bits per heavy atom. The lowest BCUT2D eigenvalue weighted by molar-refractivity contribution is -0.121. The van der Waals surface area contributed by atoms with E-state index in [1.54, 1.807) is 24.3 Å². The smallest absolute Gasteiger partial charge is 0.261 e. The van der Waals surface area contributed by atoms with Gasteiger partial charge in [-0.15, -0.1) is 0 Å². The number of anilines is 1. The SMILES string of the molecule is Cc1ccc(C(C)NC(=O)Cc2ccc(NS(=O)(=O)c3ccc(Cl)c(Cl)c3)cc2)o1. The number of hydrogen-bond acceptors (Lipinski definition) is 4. The number of halogens is 2. The van der Waals surface area contributed by atoms with Gasteiger partial charge >= 0.3 is 0 Å². The molecule has 1 heterocycles. The molecule has 2 aromatic carbocycles. The van der Waals surface area contributed by atoms with Crippen LogP contribution in [-0.4, -0.2) is 14.3 Å². The molecule has 0 fully saturated rings. The van der Waals surface area contributed by atoms with Crippen LogP contribution in [0.3, 0.4) is 0 Å². The first kappa shape index (κ1) is 22.2. The Kier molecular flexibility index (Phi) is 6.75. The van der Waals surface area contributed by atoms with Crippen LogP contribution >= 0.6 is 23.2 Å². The number of amides is 1. The van der Waals surface area contributed by atoms with Gasteiger partial charge in [-0.3, -0.25) is 9.52 Å². The van der Waals surface area contributed by atoms with Crippen molar-refractivity contribution in [3.05, 3.63) is 81.7 Å². The largest absolute Gasteiger partial charge is 0.464 e. The summed E-state index contributed by atoms with van der Waals surface area (Å²) in [6, 6.07) is 14.1. The molecule has 1 atom stereocenters. The number of furan rings is 1. The topological polar surface area (TPSA) is 88.4 Å². The Bertz CT molecular complexity index is 1160. The third kappa shape index (κ3) is 5.56. The van der Waals surface area contributed by atoms with Gasteiger partial charge in [0.1, 0.15) is 11.5 Å². The van der Waals surface area contributed by atoms with Crippen LogP contribution in [0.25, 0.3) is 0 Å². The van der Waals surface area contributed by atoms with Gasteiger partial charge in [0.25, 0.3) is 10.0 Å². The maximum atomic E-state index is 12.5. The standard InChI is InChI=1S/C21H20Cl2N2O4S/c1-13-3-10-20(29-13)14(2)24-21(26)11-15-4-6-16(7-5-15)25-30(27,28)17-8-9-18(22)19(23)12-17/h3-10,12,14,25H,11H2,1-2H3,(H,24,26). The van der Waals surface area contributed by atoms with Gasteiger partial charge in [-0.05, 0) is 61.9 Å². The van der Waals surface area contributed by atoms with Crippen LogP contribution in [-0.2, 0) is 21.2 Å². The second-order valence-electron chi connectivity index (χ2n) is 6.79. The van der Waals surface area contributed by atoms with Crippen molar-refractivity contribution in [3.8, 4) is 0 Å². The van der Waals surface area contributed by atoms with Crippen molar-refractivity contribution in [2.75, 3.05) is 4.72 Å². The Morgan fingerprint density at radius 2 is 1.73 bits per heavy atom. The van der Waals surface area contributed by atoms with E-state index >= 15 is 0 Å². The number of carbonyl (C=O) groups excluding carboxylic acids is 1. The predicted octanol–water partition coefficient (Wildman–Crippen LogP) is 5.12. The van der Waals surface area contributed by atoms with E-state index < -0.39 is 10.0 Å². The van der Waals surface area contributed by atoms with Crippen LogP contribution < -0.4 is 10.0 Å². The lowest BCUT2D eigenvalue weighted by Gasteiger charge is -2.12. The van der Waals surface area contributed by atoms with Crippen LogP contribution in [0.15, 0.2) is 63.9 Å². The first-order valence-electron chi connectivity index (χ1n) is 9.06. The molecule has 9 heteroatoms. The molecule has 0 aliphatic heterocycles. The van der Waals surface area contributed by atoms with Crippen molar-refractivity contribution in [3.63, 3.8) is 0 Å². The zero-order valence-electron chi connectivity index (χ0n) is 16.3. The molecule has 2 N–H and O–H groups in total. The summed E-state index contributed by atoms with van der Waals surface area (Å²) in [5.41, 5.74) is 1.11. The van der Waals surface area contributed by atoms with Crippen LogP contribution in [0.5, 0.6) is 0 Å². The van der Waals surface area contributed by atoms with Crippen LogP contribution in [0.4, 0.5) is 5.69 Å². The summed E-state index contributed by atoms with van der Waals surface area (Å²) in [6.07, 6.45) is 0.157.